The van der Waals surface area contributed by atoms with Crippen LogP contribution in [0.1, 0.15) is 0 Å². The van der Waals surface area contributed by atoms with Crippen molar-refractivity contribution in [2.24, 2.45) is 5.92 Å². The van der Waals surface area contributed by atoms with Gasteiger partial charge in [0.05, 0.1) is 0 Å². The Hall–Kier alpha value is -0.820. The summed E-state index contributed by atoms with van der Waals surface area (Å²) in [6, 6.07) is 0.833. The lowest BCUT2D eigenvalue weighted by Gasteiger charge is -2.30. The second-order valence-corrected chi connectivity index (χ2v) is 3.24. The van der Waals surface area contributed by atoms with E-state index in [0.29, 0.717) is 0 Å². The number of carboxylic acids is 1. The highest BCUT2D eigenvalue weighted by Gasteiger charge is 2.38. The number of carbonyl (C=O) groups is 1. The highest BCUT2D eigenvalue weighted by atomic mass is 19.4. The number of fused-ring (bicyclic) bond motifs is 1. The monoisotopic (exact) mass is 212 g/mol. The molecule has 2 rings (SSSR count). The van der Waals surface area contributed by atoms with Crippen molar-refractivity contribution in [1.82, 2.24) is 10.6 Å². The standard InChI is InChI=1S/C5H10N2.C2HF3O2/c1-4-2-7-5(4)3-6-1;3-2(4,5)1(6)7/h4-7H,1-3H2;(H,6,7). The van der Waals surface area contributed by atoms with Gasteiger partial charge in [-0.05, 0) is 0 Å². The Morgan fingerprint density at radius 3 is 2.00 bits per heavy atom. The van der Waals surface area contributed by atoms with Crippen LogP contribution in [0.3, 0.4) is 0 Å². The maximum Gasteiger partial charge on any atom is 0.490 e. The minimum atomic E-state index is -5.08. The van der Waals surface area contributed by atoms with Crippen LogP contribution in [0.5, 0.6) is 0 Å². The minimum Gasteiger partial charge on any atom is -0.475 e. The second-order valence-electron chi connectivity index (χ2n) is 3.24. The Balaban J connectivity index is 0.000000140. The van der Waals surface area contributed by atoms with Gasteiger partial charge in [-0.25, -0.2) is 4.79 Å². The van der Waals surface area contributed by atoms with Crippen molar-refractivity contribution in [2.75, 3.05) is 19.6 Å². The van der Waals surface area contributed by atoms with Crippen LogP contribution < -0.4 is 10.6 Å². The number of carboxylic acid groups (broad SMARTS) is 1. The molecule has 2 aliphatic rings. The first-order chi connectivity index (χ1) is 6.41. The molecule has 2 saturated heterocycles. The number of hydrogen-bond acceptors (Lipinski definition) is 3. The molecule has 0 aromatic rings. The summed E-state index contributed by atoms with van der Waals surface area (Å²) in [7, 11) is 0. The number of aliphatic carboxylic acids is 1. The van der Waals surface area contributed by atoms with Crippen LogP contribution in [0.25, 0.3) is 0 Å². The first-order valence-electron chi connectivity index (χ1n) is 4.15. The number of halogens is 3. The second kappa shape index (κ2) is 4.14. The highest BCUT2D eigenvalue weighted by Crippen LogP contribution is 2.15. The Labute approximate surface area is 78.5 Å². The largest absolute Gasteiger partial charge is 0.490 e. The average Bonchev–Trinajstić information content (AvgIpc) is 2.30. The van der Waals surface area contributed by atoms with E-state index in [0.717, 1.165) is 12.0 Å². The number of rotatable bonds is 0. The van der Waals surface area contributed by atoms with E-state index in [1.807, 2.05) is 0 Å². The normalized spacial score (nSPS) is 29.6. The van der Waals surface area contributed by atoms with Gasteiger partial charge in [-0.3, -0.25) is 0 Å². The van der Waals surface area contributed by atoms with Crippen LogP contribution in [0.4, 0.5) is 13.2 Å². The molecule has 0 amide bonds. The Morgan fingerprint density at radius 2 is 1.86 bits per heavy atom. The van der Waals surface area contributed by atoms with E-state index in [2.05, 4.69) is 10.6 Å². The zero-order valence-corrected chi connectivity index (χ0v) is 7.27. The molecule has 2 aliphatic heterocycles. The molecular weight excluding hydrogens is 201 g/mol. The smallest absolute Gasteiger partial charge is 0.475 e. The zero-order valence-electron chi connectivity index (χ0n) is 7.27. The van der Waals surface area contributed by atoms with Gasteiger partial charge in [0.2, 0.25) is 0 Å². The van der Waals surface area contributed by atoms with E-state index < -0.39 is 12.1 Å². The molecule has 3 N–H and O–H groups in total. The SMILES string of the molecule is C1NCC2NCC12.O=C(O)C(F)(F)F. The van der Waals surface area contributed by atoms with Gasteiger partial charge in [-0.1, -0.05) is 0 Å². The number of nitrogens with one attached hydrogen (secondary N) is 2. The first-order valence-corrected chi connectivity index (χ1v) is 4.15. The van der Waals surface area contributed by atoms with E-state index in [9.17, 15) is 13.2 Å². The maximum absolute atomic E-state index is 10.6. The Bertz CT molecular complexity index is 209. The van der Waals surface area contributed by atoms with E-state index >= 15 is 0 Å². The summed E-state index contributed by atoms with van der Waals surface area (Å²) in [5.41, 5.74) is 0. The summed E-state index contributed by atoms with van der Waals surface area (Å²) < 4.78 is 31.7. The molecule has 82 valence electrons. The third-order valence-electron chi connectivity index (χ3n) is 2.22. The Morgan fingerprint density at radius 1 is 1.29 bits per heavy atom. The van der Waals surface area contributed by atoms with Crippen LogP contribution in [-0.4, -0.2) is 42.9 Å². The molecule has 4 nitrogen and oxygen atoms in total. The zero-order chi connectivity index (χ0) is 10.8. The van der Waals surface area contributed by atoms with Gasteiger partial charge in [-0.15, -0.1) is 0 Å². The summed E-state index contributed by atoms with van der Waals surface area (Å²) in [6.07, 6.45) is -5.08. The molecule has 0 saturated carbocycles. The van der Waals surface area contributed by atoms with Crippen LogP contribution in [0, 0.1) is 5.92 Å². The molecule has 0 aromatic carbocycles. The van der Waals surface area contributed by atoms with Gasteiger partial charge in [0, 0.05) is 31.6 Å². The fourth-order valence-corrected chi connectivity index (χ4v) is 1.33. The molecule has 0 aromatic heterocycles. The van der Waals surface area contributed by atoms with Gasteiger partial charge >= 0.3 is 12.1 Å². The fraction of sp³-hybridized carbons (Fsp3) is 0.857. The highest BCUT2D eigenvalue weighted by molar-refractivity contribution is 5.73. The van der Waals surface area contributed by atoms with Gasteiger partial charge in [0.1, 0.15) is 0 Å². The molecule has 0 radical (unpaired) electrons. The van der Waals surface area contributed by atoms with Gasteiger partial charge in [0.25, 0.3) is 0 Å². The molecule has 2 unspecified atom stereocenters. The van der Waals surface area contributed by atoms with Gasteiger partial charge in [-0.2, -0.15) is 13.2 Å². The van der Waals surface area contributed by atoms with E-state index in [-0.39, 0.29) is 0 Å². The van der Waals surface area contributed by atoms with Crippen molar-refractivity contribution in [2.45, 2.75) is 12.2 Å². The summed E-state index contributed by atoms with van der Waals surface area (Å²) in [5, 5.41) is 13.8. The molecule has 0 aliphatic carbocycles. The maximum atomic E-state index is 10.6. The molecule has 0 bridgehead atoms. The molecule has 2 atom stereocenters. The predicted molar refractivity (Wildman–Crippen MR) is 41.8 cm³/mol. The van der Waals surface area contributed by atoms with Crippen molar-refractivity contribution in [3.8, 4) is 0 Å². The molecule has 7 heteroatoms. The van der Waals surface area contributed by atoms with Gasteiger partial charge < -0.3 is 15.7 Å². The molecular formula is C7H11F3N2O2. The third kappa shape index (κ3) is 2.85. The van der Waals surface area contributed by atoms with Crippen LogP contribution in [0.15, 0.2) is 0 Å². The summed E-state index contributed by atoms with van der Waals surface area (Å²) in [4.78, 5) is 8.90. The van der Waals surface area contributed by atoms with E-state index in [4.69, 9.17) is 9.90 Å². The lowest BCUT2D eigenvalue weighted by molar-refractivity contribution is -0.192. The van der Waals surface area contributed by atoms with E-state index in [1.54, 1.807) is 0 Å². The summed E-state index contributed by atoms with van der Waals surface area (Å²) in [6.45, 7) is 3.69. The van der Waals surface area contributed by atoms with Crippen LogP contribution in [-0.2, 0) is 4.79 Å². The summed E-state index contributed by atoms with van der Waals surface area (Å²) in [5.74, 6) is -1.78. The van der Waals surface area contributed by atoms with Crippen molar-refractivity contribution < 1.29 is 23.1 Å². The van der Waals surface area contributed by atoms with Crippen molar-refractivity contribution >= 4 is 5.97 Å². The van der Waals surface area contributed by atoms with Gasteiger partial charge in [0.15, 0.2) is 0 Å². The Kier molecular flexibility index (Phi) is 3.33. The predicted octanol–water partition coefficient (Wildman–Crippen LogP) is -0.189. The molecule has 2 fully saturated rings. The topological polar surface area (TPSA) is 61.4 Å². The van der Waals surface area contributed by atoms with Crippen molar-refractivity contribution in [3.05, 3.63) is 0 Å². The van der Waals surface area contributed by atoms with Crippen molar-refractivity contribution in [3.63, 3.8) is 0 Å². The number of alkyl halides is 3. The third-order valence-corrected chi connectivity index (χ3v) is 2.22. The molecule has 2 heterocycles. The number of hydrogen-bond donors (Lipinski definition) is 3. The fourth-order valence-electron chi connectivity index (χ4n) is 1.33. The quantitative estimate of drug-likeness (QED) is 0.521. The lowest BCUT2D eigenvalue weighted by atomic mass is 9.96. The van der Waals surface area contributed by atoms with Crippen LogP contribution in [0.2, 0.25) is 0 Å². The minimum absolute atomic E-state index is 0.833. The summed E-state index contributed by atoms with van der Waals surface area (Å²) >= 11 is 0. The van der Waals surface area contributed by atoms with Crippen LogP contribution >= 0.6 is 0 Å². The van der Waals surface area contributed by atoms with E-state index in [1.165, 1.54) is 19.6 Å². The lowest BCUT2D eigenvalue weighted by Crippen LogP contribution is -2.51. The molecule has 14 heavy (non-hydrogen) atoms. The molecule has 0 spiro atoms. The average molecular weight is 212 g/mol. The first kappa shape index (κ1) is 11.3. The van der Waals surface area contributed by atoms with Crippen molar-refractivity contribution in [1.29, 1.82) is 0 Å².